The highest BCUT2D eigenvalue weighted by atomic mass is 35.5. The first-order valence-corrected chi connectivity index (χ1v) is 7.48. The normalized spacial score (nSPS) is 17.0. The van der Waals surface area contributed by atoms with Crippen LogP contribution in [-0.4, -0.2) is 43.7 Å². The molecule has 5 nitrogen and oxygen atoms in total. The Balaban J connectivity index is 0.00000242. The zero-order valence-electron chi connectivity index (χ0n) is 12.8. The van der Waals surface area contributed by atoms with Crippen molar-refractivity contribution in [3.63, 3.8) is 0 Å². The van der Waals surface area contributed by atoms with Crippen LogP contribution in [0.4, 0.5) is 5.69 Å². The van der Waals surface area contributed by atoms with Gasteiger partial charge in [0, 0.05) is 25.8 Å². The number of nitrogens with two attached hydrogens (primary N) is 1. The second-order valence-corrected chi connectivity index (χ2v) is 5.46. The van der Waals surface area contributed by atoms with Gasteiger partial charge in [0.05, 0.1) is 29.5 Å². The van der Waals surface area contributed by atoms with Crippen LogP contribution in [0, 0.1) is 0 Å². The summed E-state index contributed by atoms with van der Waals surface area (Å²) in [5, 5.41) is 0.354. The standard InChI is InChI=1S/C15H21ClN2O3.ClH/c1-3-18(9-10-5-4-6-21-10)15(19)11-7-12(16)13(17)8-14(11)20-2;/h7-8,10H,3-6,9,17H2,1-2H3;1H. The van der Waals surface area contributed by atoms with Gasteiger partial charge in [-0.15, -0.1) is 12.4 Å². The van der Waals surface area contributed by atoms with Crippen LogP contribution in [0.3, 0.4) is 0 Å². The number of carbonyl (C=O) groups is 1. The first kappa shape index (κ1) is 18.9. The van der Waals surface area contributed by atoms with E-state index in [4.69, 9.17) is 26.8 Å². The van der Waals surface area contributed by atoms with Crippen molar-refractivity contribution < 1.29 is 14.3 Å². The van der Waals surface area contributed by atoms with Crippen molar-refractivity contribution in [2.45, 2.75) is 25.9 Å². The molecule has 2 N–H and O–H groups in total. The predicted octanol–water partition coefficient (Wildman–Crippen LogP) is 2.99. The molecule has 1 unspecified atom stereocenters. The van der Waals surface area contributed by atoms with Gasteiger partial charge in [-0.05, 0) is 25.8 Å². The minimum atomic E-state index is -0.119. The maximum Gasteiger partial charge on any atom is 0.257 e. The van der Waals surface area contributed by atoms with Crippen LogP contribution >= 0.6 is 24.0 Å². The van der Waals surface area contributed by atoms with Gasteiger partial charge in [0.15, 0.2) is 0 Å². The Morgan fingerprint density at radius 1 is 1.55 bits per heavy atom. The fraction of sp³-hybridized carbons (Fsp3) is 0.533. The summed E-state index contributed by atoms with van der Waals surface area (Å²) in [6.07, 6.45) is 2.15. The molecule has 1 fully saturated rings. The summed E-state index contributed by atoms with van der Waals surface area (Å²) >= 11 is 6.03. The Morgan fingerprint density at radius 2 is 2.27 bits per heavy atom. The van der Waals surface area contributed by atoms with Crippen LogP contribution in [0.1, 0.15) is 30.1 Å². The summed E-state index contributed by atoms with van der Waals surface area (Å²) < 4.78 is 10.8. The number of hydrogen-bond donors (Lipinski definition) is 1. The topological polar surface area (TPSA) is 64.8 Å². The zero-order valence-corrected chi connectivity index (χ0v) is 14.4. The van der Waals surface area contributed by atoms with Crippen LogP contribution in [-0.2, 0) is 4.74 Å². The highest BCUT2D eigenvalue weighted by Gasteiger charge is 2.24. The molecule has 22 heavy (non-hydrogen) atoms. The van der Waals surface area contributed by atoms with Crippen LogP contribution in [0.15, 0.2) is 12.1 Å². The third-order valence-electron chi connectivity index (χ3n) is 3.67. The van der Waals surface area contributed by atoms with Crippen molar-refractivity contribution in [3.8, 4) is 5.75 Å². The van der Waals surface area contributed by atoms with Crippen molar-refractivity contribution in [1.29, 1.82) is 0 Å². The molecular weight excluding hydrogens is 327 g/mol. The largest absolute Gasteiger partial charge is 0.496 e. The minimum Gasteiger partial charge on any atom is -0.496 e. The van der Waals surface area contributed by atoms with E-state index in [9.17, 15) is 4.79 Å². The number of nitrogen functional groups attached to an aromatic ring is 1. The van der Waals surface area contributed by atoms with Gasteiger partial charge in [-0.2, -0.15) is 0 Å². The molecule has 0 radical (unpaired) electrons. The van der Waals surface area contributed by atoms with Crippen molar-refractivity contribution in [2.24, 2.45) is 0 Å². The molecule has 0 spiro atoms. The molecule has 1 amide bonds. The Kier molecular flexibility index (Phi) is 7.26. The molecule has 2 rings (SSSR count). The second-order valence-electron chi connectivity index (χ2n) is 5.05. The molecule has 0 aromatic heterocycles. The van der Waals surface area contributed by atoms with E-state index in [1.165, 1.54) is 7.11 Å². The van der Waals surface area contributed by atoms with E-state index in [0.29, 0.717) is 35.1 Å². The number of benzene rings is 1. The zero-order chi connectivity index (χ0) is 15.4. The van der Waals surface area contributed by atoms with E-state index >= 15 is 0 Å². The highest BCUT2D eigenvalue weighted by Crippen LogP contribution is 2.30. The molecule has 7 heteroatoms. The number of rotatable bonds is 5. The summed E-state index contributed by atoms with van der Waals surface area (Å²) in [6.45, 7) is 3.90. The first-order chi connectivity index (χ1) is 10.1. The number of carbonyl (C=O) groups excluding carboxylic acids is 1. The predicted molar refractivity (Wildman–Crippen MR) is 90.2 cm³/mol. The third kappa shape index (κ3) is 4.18. The Hall–Kier alpha value is -1.17. The highest BCUT2D eigenvalue weighted by molar-refractivity contribution is 6.33. The molecule has 1 saturated heterocycles. The van der Waals surface area contributed by atoms with Crippen LogP contribution in [0.2, 0.25) is 5.02 Å². The maximum atomic E-state index is 12.7. The maximum absolute atomic E-state index is 12.7. The second kappa shape index (κ2) is 8.46. The van der Waals surface area contributed by atoms with E-state index in [-0.39, 0.29) is 24.4 Å². The number of anilines is 1. The lowest BCUT2D eigenvalue weighted by molar-refractivity contribution is 0.0537. The van der Waals surface area contributed by atoms with E-state index in [1.54, 1.807) is 17.0 Å². The van der Waals surface area contributed by atoms with Crippen molar-refractivity contribution in [2.75, 3.05) is 32.5 Å². The molecular formula is C15H22Cl2N2O3. The van der Waals surface area contributed by atoms with Crippen LogP contribution < -0.4 is 10.5 Å². The molecule has 124 valence electrons. The summed E-state index contributed by atoms with van der Waals surface area (Å²) in [5.74, 6) is 0.319. The molecule has 0 saturated carbocycles. The summed E-state index contributed by atoms with van der Waals surface area (Å²) in [6, 6.07) is 3.14. The smallest absolute Gasteiger partial charge is 0.257 e. The first-order valence-electron chi connectivity index (χ1n) is 7.10. The minimum absolute atomic E-state index is 0. The molecule has 1 aromatic rings. The quantitative estimate of drug-likeness (QED) is 0.830. The Bertz CT molecular complexity index is 520. The molecule has 1 atom stereocenters. The lowest BCUT2D eigenvalue weighted by Crippen LogP contribution is -2.37. The van der Waals surface area contributed by atoms with Gasteiger partial charge < -0.3 is 20.1 Å². The number of nitrogens with zero attached hydrogens (tertiary/aromatic N) is 1. The fourth-order valence-corrected chi connectivity index (χ4v) is 2.63. The van der Waals surface area contributed by atoms with Gasteiger partial charge >= 0.3 is 0 Å². The number of hydrogen-bond acceptors (Lipinski definition) is 4. The lowest BCUT2D eigenvalue weighted by Gasteiger charge is -2.25. The summed E-state index contributed by atoms with van der Waals surface area (Å²) in [7, 11) is 1.51. The Labute approximate surface area is 142 Å². The molecule has 1 aromatic carbocycles. The summed E-state index contributed by atoms with van der Waals surface area (Å²) in [5.41, 5.74) is 6.57. The van der Waals surface area contributed by atoms with Gasteiger partial charge in [0.2, 0.25) is 0 Å². The number of ether oxygens (including phenoxy) is 2. The van der Waals surface area contributed by atoms with E-state index in [2.05, 4.69) is 0 Å². The lowest BCUT2D eigenvalue weighted by atomic mass is 10.1. The van der Waals surface area contributed by atoms with Gasteiger partial charge in [-0.3, -0.25) is 4.79 Å². The van der Waals surface area contributed by atoms with Crippen molar-refractivity contribution >= 4 is 35.6 Å². The van der Waals surface area contributed by atoms with Crippen LogP contribution in [0.5, 0.6) is 5.75 Å². The average Bonchev–Trinajstić information content (AvgIpc) is 2.99. The van der Waals surface area contributed by atoms with E-state index < -0.39 is 0 Å². The summed E-state index contributed by atoms with van der Waals surface area (Å²) in [4.78, 5) is 14.4. The number of halogens is 2. The van der Waals surface area contributed by atoms with Gasteiger partial charge in [-0.25, -0.2) is 0 Å². The molecule has 1 aliphatic heterocycles. The molecule has 0 bridgehead atoms. The SMILES string of the molecule is CCN(CC1CCCO1)C(=O)c1cc(Cl)c(N)cc1OC.Cl. The van der Waals surface area contributed by atoms with E-state index in [0.717, 1.165) is 19.4 Å². The molecule has 0 aliphatic carbocycles. The van der Waals surface area contributed by atoms with Crippen molar-refractivity contribution in [3.05, 3.63) is 22.7 Å². The Morgan fingerprint density at radius 3 is 2.82 bits per heavy atom. The average molecular weight is 349 g/mol. The fourth-order valence-electron chi connectivity index (χ4n) is 2.47. The van der Waals surface area contributed by atoms with Gasteiger partial charge in [0.25, 0.3) is 5.91 Å². The monoisotopic (exact) mass is 348 g/mol. The van der Waals surface area contributed by atoms with Gasteiger partial charge in [-0.1, -0.05) is 11.6 Å². The third-order valence-corrected chi connectivity index (χ3v) is 3.99. The number of amides is 1. The van der Waals surface area contributed by atoms with Gasteiger partial charge in [0.1, 0.15) is 5.75 Å². The number of methoxy groups -OCH3 is 1. The molecule has 1 heterocycles. The van der Waals surface area contributed by atoms with Crippen molar-refractivity contribution in [1.82, 2.24) is 4.90 Å². The van der Waals surface area contributed by atoms with E-state index in [1.807, 2.05) is 6.92 Å². The molecule has 1 aliphatic rings. The number of likely N-dealkylation sites (N-methyl/N-ethyl adjacent to an activating group) is 1. The van der Waals surface area contributed by atoms with Crippen LogP contribution in [0.25, 0.3) is 0 Å².